The molecule has 1 aromatic heterocycles. The van der Waals surface area contributed by atoms with Crippen molar-refractivity contribution in [1.82, 2.24) is 9.78 Å². The van der Waals surface area contributed by atoms with E-state index in [1.54, 1.807) is 25.1 Å². The Morgan fingerprint density at radius 2 is 2.00 bits per heavy atom. The standard InChI is InChI=1S/C13H22N2O3/c1-15-11(10(17-2)9-14-15)12(16)13(18-3)7-5-4-6-8-13/h9,12,16H,4-8H2,1-3H3. The van der Waals surface area contributed by atoms with Crippen LogP contribution in [0.25, 0.3) is 0 Å². The minimum absolute atomic E-state index is 0.501. The molecule has 1 saturated carbocycles. The van der Waals surface area contributed by atoms with Gasteiger partial charge in [0.15, 0.2) is 5.75 Å². The highest BCUT2D eigenvalue weighted by atomic mass is 16.5. The third-order valence-electron chi connectivity index (χ3n) is 4.03. The minimum atomic E-state index is -0.703. The number of rotatable bonds is 4. The van der Waals surface area contributed by atoms with E-state index in [2.05, 4.69) is 5.10 Å². The van der Waals surface area contributed by atoms with E-state index in [1.807, 2.05) is 7.05 Å². The van der Waals surface area contributed by atoms with E-state index >= 15 is 0 Å². The summed E-state index contributed by atoms with van der Waals surface area (Å²) in [5.74, 6) is 0.618. The van der Waals surface area contributed by atoms with Gasteiger partial charge < -0.3 is 14.6 Å². The lowest BCUT2D eigenvalue weighted by Gasteiger charge is -2.39. The predicted octanol–water partition coefficient (Wildman–Crippen LogP) is 1.81. The van der Waals surface area contributed by atoms with Crippen molar-refractivity contribution < 1.29 is 14.6 Å². The van der Waals surface area contributed by atoms with Gasteiger partial charge >= 0.3 is 0 Å². The number of aliphatic hydroxyl groups excluding tert-OH is 1. The van der Waals surface area contributed by atoms with Gasteiger partial charge in [-0.3, -0.25) is 4.68 Å². The van der Waals surface area contributed by atoms with E-state index < -0.39 is 11.7 Å². The highest BCUT2D eigenvalue weighted by Crippen LogP contribution is 2.43. The maximum atomic E-state index is 10.7. The minimum Gasteiger partial charge on any atom is -0.493 e. The zero-order valence-corrected chi connectivity index (χ0v) is 11.3. The van der Waals surface area contributed by atoms with Gasteiger partial charge in [-0.1, -0.05) is 19.3 Å². The SMILES string of the molecule is COc1cnn(C)c1C(O)C1(OC)CCCCC1. The van der Waals surface area contributed by atoms with Crippen LogP contribution in [0.4, 0.5) is 0 Å². The summed E-state index contributed by atoms with van der Waals surface area (Å²) in [6, 6.07) is 0. The predicted molar refractivity (Wildman–Crippen MR) is 67.5 cm³/mol. The lowest BCUT2D eigenvalue weighted by molar-refractivity contribution is -0.128. The molecular weight excluding hydrogens is 232 g/mol. The van der Waals surface area contributed by atoms with Crippen LogP contribution in [0.1, 0.15) is 43.9 Å². The molecule has 1 unspecified atom stereocenters. The molecule has 0 aliphatic heterocycles. The van der Waals surface area contributed by atoms with Crippen LogP contribution in [-0.2, 0) is 11.8 Å². The molecule has 1 heterocycles. The van der Waals surface area contributed by atoms with Crippen molar-refractivity contribution in [2.45, 2.75) is 43.8 Å². The maximum Gasteiger partial charge on any atom is 0.162 e. The second-order valence-corrected chi connectivity index (χ2v) is 4.95. The fraction of sp³-hybridized carbons (Fsp3) is 0.769. The van der Waals surface area contributed by atoms with E-state index in [9.17, 15) is 5.11 Å². The van der Waals surface area contributed by atoms with Crippen molar-refractivity contribution in [3.05, 3.63) is 11.9 Å². The smallest absolute Gasteiger partial charge is 0.162 e. The summed E-state index contributed by atoms with van der Waals surface area (Å²) in [4.78, 5) is 0. The van der Waals surface area contributed by atoms with Crippen molar-refractivity contribution in [2.24, 2.45) is 7.05 Å². The summed E-state index contributed by atoms with van der Waals surface area (Å²) in [5.41, 5.74) is 0.195. The normalized spacial score (nSPS) is 20.7. The van der Waals surface area contributed by atoms with Crippen LogP contribution in [0, 0.1) is 0 Å². The average molecular weight is 254 g/mol. The van der Waals surface area contributed by atoms with E-state index in [-0.39, 0.29) is 0 Å². The molecule has 5 heteroatoms. The highest BCUT2D eigenvalue weighted by molar-refractivity contribution is 5.29. The Hall–Kier alpha value is -1.07. The average Bonchev–Trinajstić information content (AvgIpc) is 2.79. The molecular formula is C13H22N2O3. The number of aromatic nitrogens is 2. The van der Waals surface area contributed by atoms with Crippen molar-refractivity contribution in [3.8, 4) is 5.75 Å². The molecule has 1 fully saturated rings. The van der Waals surface area contributed by atoms with Crippen molar-refractivity contribution in [1.29, 1.82) is 0 Å². The second-order valence-electron chi connectivity index (χ2n) is 4.95. The molecule has 0 amide bonds. The molecule has 0 aromatic carbocycles. The molecule has 0 spiro atoms. The van der Waals surface area contributed by atoms with Crippen molar-refractivity contribution in [3.63, 3.8) is 0 Å². The first kappa shape index (κ1) is 13.4. The fourth-order valence-corrected chi connectivity index (χ4v) is 2.88. The maximum absolute atomic E-state index is 10.7. The zero-order valence-electron chi connectivity index (χ0n) is 11.3. The molecule has 1 N–H and O–H groups in total. The number of aliphatic hydroxyl groups is 1. The first-order valence-corrected chi connectivity index (χ1v) is 6.44. The van der Waals surface area contributed by atoms with Gasteiger partial charge in [-0.05, 0) is 12.8 Å². The zero-order chi connectivity index (χ0) is 13.2. The summed E-state index contributed by atoms with van der Waals surface area (Å²) in [6.07, 6.45) is 6.06. The van der Waals surface area contributed by atoms with E-state index in [4.69, 9.17) is 9.47 Å². The second kappa shape index (κ2) is 5.28. The van der Waals surface area contributed by atoms with Crippen LogP contribution in [0.15, 0.2) is 6.20 Å². The lowest BCUT2D eigenvalue weighted by Crippen LogP contribution is -2.41. The number of methoxy groups -OCH3 is 2. The van der Waals surface area contributed by atoms with Crippen LogP contribution in [0.2, 0.25) is 0 Å². The number of hydrogen-bond donors (Lipinski definition) is 1. The Labute approximate surface area is 108 Å². The van der Waals surface area contributed by atoms with Gasteiger partial charge in [0.05, 0.1) is 18.9 Å². The molecule has 1 aliphatic rings. The van der Waals surface area contributed by atoms with Gasteiger partial charge in [-0.25, -0.2) is 0 Å². The van der Waals surface area contributed by atoms with Crippen LogP contribution in [-0.4, -0.2) is 34.7 Å². The Morgan fingerprint density at radius 1 is 1.33 bits per heavy atom. The van der Waals surface area contributed by atoms with Gasteiger partial charge in [0.2, 0.25) is 0 Å². The number of aryl methyl sites for hydroxylation is 1. The topological polar surface area (TPSA) is 56.5 Å². The molecule has 1 atom stereocenters. The molecule has 0 saturated heterocycles. The Balaban J connectivity index is 2.33. The summed E-state index contributed by atoms with van der Waals surface area (Å²) in [5, 5.41) is 14.9. The first-order valence-electron chi connectivity index (χ1n) is 6.44. The first-order chi connectivity index (χ1) is 8.64. The Morgan fingerprint density at radius 3 is 2.56 bits per heavy atom. The Kier molecular flexibility index (Phi) is 3.92. The third-order valence-corrected chi connectivity index (χ3v) is 4.03. The molecule has 0 radical (unpaired) electrons. The van der Waals surface area contributed by atoms with E-state index in [0.29, 0.717) is 11.4 Å². The summed E-state index contributed by atoms with van der Waals surface area (Å²) < 4.78 is 12.6. The highest BCUT2D eigenvalue weighted by Gasteiger charge is 2.42. The van der Waals surface area contributed by atoms with Crippen LogP contribution in [0.3, 0.4) is 0 Å². The van der Waals surface area contributed by atoms with Gasteiger partial charge in [-0.2, -0.15) is 5.10 Å². The molecule has 18 heavy (non-hydrogen) atoms. The van der Waals surface area contributed by atoms with Gasteiger partial charge in [0.1, 0.15) is 11.8 Å². The van der Waals surface area contributed by atoms with Crippen molar-refractivity contribution >= 4 is 0 Å². The number of nitrogens with zero attached hydrogens (tertiary/aromatic N) is 2. The number of ether oxygens (including phenoxy) is 2. The molecule has 5 nitrogen and oxygen atoms in total. The van der Waals surface area contributed by atoms with Gasteiger partial charge in [0.25, 0.3) is 0 Å². The summed E-state index contributed by atoms with van der Waals surface area (Å²) in [6.45, 7) is 0. The molecule has 1 aliphatic carbocycles. The van der Waals surface area contributed by atoms with Crippen molar-refractivity contribution in [2.75, 3.05) is 14.2 Å². The van der Waals surface area contributed by atoms with Gasteiger partial charge in [0, 0.05) is 14.2 Å². The lowest BCUT2D eigenvalue weighted by atomic mass is 9.79. The molecule has 2 rings (SSSR count). The van der Waals surface area contributed by atoms with Crippen LogP contribution in [0.5, 0.6) is 5.75 Å². The van der Waals surface area contributed by atoms with E-state index in [1.165, 1.54) is 6.42 Å². The summed E-state index contributed by atoms with van der Waals surface area (Å²) in [7, 11) is 5.08. The summed E-state index contributed by atoms with van der Waals surface area (Å²) >= 11 is 0. The molecule has 0 bridgehead atoms. The third kappa shape index (κ3) is 2.12. The molecule has 102 valence electrons. The van der Waals surface area contributed by atoms with Gasteiger partial charge in [-0.15, -0.1) is 0 Å². The monoisotopic (exact) mass is 254 g/mol. The van der Waals surface area contributed by atoms with Crippen LogP contribution >= 0.6 is 0 Å². The Bertz CT molecular complexity index is 397. The molecule has 1 aromatic rings. The van der Waals surface area contributed by atoms with Crippen LogP contribution < -0.4 is 4.74 Å². The fourth-order valence-electron chi connectivity index (χ4n) is 2.88. The number of hydrogen-bond acceptors (Lipinski definition) is 4. The quantitative estimate of drug-likeness (QED) is 0.890. The largest absolute Gasteiger partial charge is 0.493 e. The van der Waals surface area contributed by atoms with E-state index in [0.717, 1.165) is 25.7 Å².